The normalized spacial score (nSPS) is 11.6. The van der Waals surface area contributed by atoms with Crippen LogP contribution in [0.1, 0.15) is 5.56 Å². The summed E-state index contributed by atoms with van der Waals surface area (Å²) in [5.41, 5.74) is 5.83. The first-order valence-electron chi connectivity index (χ1n) is 5.52. The van der Waals surface area contributed by atoms with E-state index in [1.165, 1.54) is 30.3 Å². The van der Waals surface area contributed by atoms with Gasteiger partial charge in [-0.25, -0.2) is 12.8 Å². The molecule has 20 heavy (non-hydrogen) atoms. The van der Waals surface area contributed by atoms with Crippen LogP contribution in [0.3, 0.4) is 0 Å². The summed E-state index contributed by atoms with van der Waals surface area (Å²) in [5, 5.41) is -0.110. The van der Waals surface area contributed by atoms with Crippen molar-refractivity contribution in [2.24, 2.45) is 0 Å². The minimum absolute atomic E-state index is 0.0137. The number of nitrogens with two attached hydrogens (primary N) is 1. The van der Waals surface area contributed by atoms with Gasteiger partial charge in [0, 0.05) is 10.0 Å². The molecule has 2 rings (SSSR count). The number of sulfone groups is 1. The Labute approximate surface area is 129 Å². The summed E-state index contributed by atoms with van der Waals surface area (Å²) in [4.78, 5) is -0.0277. The van der Waals surface area contributed by atoms with Gasteiger partial charge in [-0.15, -0.1) is 0 Å². The molecule has 7 heteroatoms. The lowest BCUT2D eigenvalue weighted by atomic mass is 10.2. The van der Waals surface area contributed by atoms with Crippen LogP contribution in [0.5, 0.6) is 0 Å². The third kappa shape index (κ3) is 3.13. The molecule has 0 saturated heterocycles. The third-order valence-corrected chi connectivity index (χ3v) is 5.20. The highest BCUT2D eigenvalue weighted by molar-refractivity contribution is 9.10. The molecule has 0 radical (unpaired) electrons. The number of nitrogen functional groups attached to an aromatic ring is 1. The highest BCUT2D eigenvalue weighted by Gasteiger charge is 2.21. The van der Waals surface area contributed by atoms with Gasteiger partial charge >= 0.3 is 0 Å². The molecule has 0 aromatic heterocycles. The highest BCUT2D eigenvalue weighted by Crippen LogP contribution is 2.27. The summed E-state index contributed by atoms with van der Waals surface area (Å²) < 4.78 is 39.0. The molecule has 0 aliphatic rings. The third-order valence-electron chi connectivity index (χ3n) is 2.68. The molecule has 0 bridgehead atoms. The van der Waals surface area contributed by atoms with Crippen molar-refractivity contribution in [2.45, 2.75) is 10.6 Å². The predicted molar refractivity (Wildman–Crippen MR) is 80.9 cm³/mol. The topological polar surface area (TPSA) is 60.2 Å². The summed E-state index contributed by atoms with van der Waals surface area (Å²) in [6, 6.07) is 8.69. The fourth-order valence-electron chi connectivity index (χ4n) is 1.74. The molecule has 2 aromatic carbocycles. The Hall–Kier alpha value is -1.11. The fraction of sp³-hybridized carbons (Fsp3) is 0.0769. The molecule has 106 valence electrons. The van der Waals surface area contributed by atoms with Crippen LogP contribution in [0, 0.1) is 5.82 Å². The SMILES string of the molecule is Nc1cc(Br)ccc1S(=O)(=O)Cc1cccc(Cl)c1F. The van der Waals surface area contributed by atoms with Crippen LogP contribution in [0.25, 0.3) is 0 Å². The second kappa shape index (κ2) is 5.71. The summed E-state index contributed by atoms with van der Waals surface area (Å²) in [5.74, 6) is -1.22. The zero-order valence-corrected chi connectivity index (χ0v) is 13.3. The molecule has 0 amide bonds. The molecule has 0 aliphatic heterocycles. The molecule has 2 aromatic rings. The lowest BCUT2D eigenvalue weighted by Crippen LogP contribution is -2.09. The molecule has 0 spiro atoms. The summed E-state index contributed by atoms with van der Waals surface area (Å²) in [7, 11) is -3.74. The van der Waals surface area contributed by atoms with Gasteiger partial charge in [-0.2, -0.15) is 0 Å². The van der Waals surface area contributed by atoms with Crippen molar-refractivity contribution in [1.29, 1.82) is 0 Å². The second-order valence-electron chi connectivity index (χ2n) is 4.15. The van der Waals surface area contributed by atoms with E-state index in [0.717, 1.165) is 0 Å². The first kappa shape index (κ1) is 15.3. The van der Waals surface area contributed by atoms with Crippen LogP contribution in [-0.4, -0.2) is 8.42 Å². The Balaban J connectivity index is 2.44. The second-order valence-corrected chi connectivity index (χ2v) is 7.44. The smallest absolute Gasteiger partial charge is 0.184 e. The van der Waals surface area contributed by atoms with E-state index in [9.17, 15) is 12.8 Å². The number of hydrogen-bond donors (Lipinski definition) is 1. The fourth-order valence-corrected chi connectivity index (χ4v) is 3.80. The van der Waals surface area contributed by atoms with Crippen LogP contribution in [0.15, 0.2) is 45.8 Å². The average Bonchev–Trinajstić information content (AvgIpc) is 2.34. The Morgan fingerprint density at radius 3 is 2.60 bits per heavy atom. The summed E-state index contributed by atoms with van der Waals surface area (Å²) >= 11 is 8.84. The summed E-state index contributed by atoms with van der Waals surface area (Å²) in [6.07, 6.45) is 0. The largest absolute Gasteiger partial charge is 0.398 e. The molecular formula is C13H10BrClFNO2S. The average molecular weight is 379 g/mol. The molecule has 0 unspecified atom stereocenters. The van der Waals surface area contributed by atoms with Crippen LogP contribution >= 0.6 is 27.5 Å². The molecule has 2 N–H and O–H groups in total. The Bertz CT molecular complexity index is 765. The van der Waals surface area contributed by atoms with Crippen molar-refractivity contribution in [3.8, 4) is 0 Å². The van der Waals surface area contributed by atoms with E-state index in [4.69, 9.17) is 17.3 Å². The van der Waals surface area contributed by atoms with E-state index >= 15 is 0 Å². The molecule has 0 saturated carbocycles. The van der Waals surface area contributed by atoms with Gasteiger partial charge in [0.2, 0.25) is 0 Å². The van der Waals surface area contributed by atoms with Gasteiger partial charge in [-0.1, -0.05) is 39.7 Å². The Morgan fingerprint density at radius 1 is 1.25 bits per heavy atom. The minimum atomic E-state index is -3.74. The van der Waals surface area contributed by atoms with Crippen molar-refractivity contribution in [3.05, 3.63) is 57.3 Å². The van der Waals surface area contributed by atoms with Gasteiger partial charge in [0.15, 0.2) is 9.84 Å². The first-order chi connectivity index (χ1) is 9.31. The highest BCUT2D eigenvalue weighted by atomic mass is 79.9. The van der Waals surface area contributed by atoms with Gasteiger partial charge in [0.25, 0.3) is 0 Å². The van der Waals surface area contributed by atoms with Crippen LogP contribution in [-0.2, 0) is 15.6 Å². The molecule has 0 atom stereocenters. The quantitative estimate of drug-likeness (QED) is 0.827. The first-order valence-corrected chi connectivity index (χ1v) is 8.34. The maximum atomic E-state index is 13.8. The zero-order valence-electron chi connectivity index (χ0n) is 10.1. The number of halogens is 3. The number of rotatable bonds is 3. The number of benzene rings is 2. The molecule has 0 aliphatic carbocycles. The maximum absolute atomic E-state index is 13.8. The van der Waals surface area contributed by atoms with Crippen LogP contribution in [0.4, 0.5) is 10.1 Å². The monoisotopic (exact) mass is 377 g/mol. The van der Waals surface area contributed by atoms with E-state index in [1.807, 2.05) is 0 Å². The van der Waals surface area contributed by atoms with Crippen molar-refractivity contribution >= 4 is 43.1 Å². The Kier molecular flexibility index (Phi) is 4.36. The van der Waals surface area contributed by atoms with Gasteiger partial charge in [0.05, 0.1) is 21.4 Å². The zero-order chi connectivity index (χ0) is 14.9. The van der Waals surface area contributed by atoms with Crippen molar-refractivity contribution < 1.29 is 12.8 Å². The predicted octanol–water partition coefficient (Wildman–Crippen LogP) is 3.80. The molecule has 3 nitrogen and oxygen atoms in total. The van der Waals surface area contributed by atoms with E-state index in [0.29, 0.717) is 4.47 Å². The van der Waals surface area contributed by atoms with E-state index in [1.54, 1.807) is 6.07 Å². The van der Waals surface area contributed by atoms with E-state index < -0.39 is 21.4 Å². The maximum Gasteiger partial charge on any atom is 0.184 e. The van der Waals surface area contributed by atoms with Gasteiger partial charge < -0.3 is 5.73 Å². The molecule has 0 heterocycles. The van der Waals surface area contributed by atoms with Crippen molar-refractivity contribution in [3.63, 3.8) is 0 Å². The lowest BCUT2D eigenvalue weighted by molar-refractivity contribution is 0.587. The molecular weight excluding hydrogens is 369 g/mol. The van der Waals surface area contributed by atoms with E-state index in [-0.39, 0.29) is 21.2 Å². The van der Waals surface area contributed by atoms with E-state index in [2.05, 4.69) is 15.9 Å². The van der Waals surface area contributed by atoms with Gasteiger partial charge in [-0.05, 0) is 24.3 Å². The molecule has 0 fully saturated rings. The number of anilines is 1. The lowest BCUT2D eigenvalue weighted by Gasteiger charge is -2.09. The van der Waals surface area contributed by atoms with Crippen molar-refractivity contribution in [2.75, 3.05) is 5.73 Å². The minimum Gasteiger partial charge on any atom is -0.398 e. The standard InChI is InChI=1S/C13H10BrClFNO2S/c14-9-4-5-12(11(17)6-9)20(18,19)7-8-2-1-3-10(15)13(8)16/h1-6H,7,17H2. The number of hydrogen-bond acceptors (Lipinski definition) is 3. The van der Waals surface area contributed by atoms with Gasteiger partial charge in [0.1, 0.15) is 5.82 Å². The van der Waals surface area contributed by atoms with Crippen LogP contribution in [0.2, 0.25) is 5.02 Å². The van der Waals surface area contributed by atoms with Crippen LogP contribution < -0.4 is 5.73 Å². The van der Waals surface area contributed by atoms with Gasteiger partial charge in [-0.3, -0.25) is 0 Å². The summed E-state index contributed by atoms with van der Waals surface area (Å²) in [6.45, 7) is 0. The Morgan fingerprint density at radius 2 is 1.95 bits per heavy atom. The van der Waals surface area contributed by atoms with Crippen molar-refractivity contribution in [1.82, 2.24) is 0 Å².